The summed E-state index contributed by atoms with van der Waals surface area (Å²) in [5, 5.41) is 1.01. The maximum absolute atomic E-state index is 10.8. The molecule has 0 bridgehead atoms. The molecular formula is C14H16NO+. The van der Waals surface area contributed by atoms with E-state index in [-0.39, 0.29) is 0 Å². The third-order valence-electron chi connectivity index (χ3n) is 2.90. The summed E-state index contributed by atoms with van der Waals surface area (Å²) in [7, 11) is 0. The fourth-order valence-corrected chi connectivity index (χ4v) is 2.05. The molecule has 1 heterocycles. The van der Waals surface area contributed by atoms with Gasteiger partial charge in [-0.15, -0.1) is 0 Å². The Balaban J connectivity index is 2.35. The molecule has 0 saturated carbocycles. The van der Waals surface area contributed by atoms with Crippen LogP contribution in [0.1, 0.15) is 31.7 Å². The summed E-state index contributed by atoms with van der Waals surface area (Å²) in [6.45, 7) is 3.18. The van der Waals surface area contributed by atoms with Gasteiger partial charge in [-0.3, -0.25) is 0 Å². The van der Waals surface area contributed by atoms with Crippen molar-refractivity contribution in [2.75, 3.05) is 0 Å². The van der Waals surface area contributed by atoms with Crippen molar-refractivity contribution in [2.45, 2.75) is 32.7 Å². The van der Waals surface area contributed by atoms with Gasteiger partial charge in [0.1, 0.15) is 0 Å². The third-order valence-corrected chi connectivity index (χ3v) is 2.90. The van der Waals surface area contributed by atoms with Crippen LogP contribution in [0.5, 0.6) is 0 Å². The molecule has 0 radical (unpaired) electrons. The summed E-state index contributed by atoms with van der Waals surface area (Å²) < 4.78 is 13.0. The van der Waals surface area contributed by atoms with E-state index in [4.69, 9.17) is 0 Å². The van der Waals surface area contributed by atoms with Gasteiger partial charge < -0.3 is 0 Å². The second-order valence-corrected chi connectivity index (χ2v) is 4.06. The molecule has 0 atom stereocenters. The Hall–Kier alpha value is -1.50. The number of fused-ring (bicyclic) bond motifs is 1. The third kappa shape index (κ3) is 2.04. The van der Waals surface area contributed by atoms with Gasteiger partial charge in [-0.25, -0.2) is 0 Å². The molecule has 0 spiro atoms. The Kier molecular flexibility index (Phi) is 3.45. The number of benzene rings is 1. The molecule has 2 heteroatoms. The van der Waals surface area contributed by atoms with Crippen LogP contribution in [0.25, 0.3) is 10.9 Å². The van der Waals surface area contributed by atoms with Crippen molar-refractivity contribution < 1.29 is 4.65 Å². The predicted octanol–water partition coefficient (Wildman–Crippen LogP) is 3.57. The van der Waals surface area contributed by atoms with Gasteiger partial charge in [-0.1, -0.05) is 0 Å². The molecular weight excluding hydrogens is 198 g/mol. The van der Waals surface area contributed by atoms with Crippen molar-refractivity contribution in [2.24, 2.45) is 0 Å². The zero-order valence-electron chi connectivity index (χ0n) is 9.57. The van der Waals surface area contributed by atoms with Gasteiger partial charge in [0.15, 0.2) is 0 Å². The average molecular weight is 214 g/mol. The molecule has 82 valence electrons. The van der Waals surface area contributed by atoms with Gasteiger partial charge in [-0.2, -0.15) is 0 Å². The topological polar surface area (TPSA) is 24.8 Å². The molecule has 1 aromatic heterocycles. The van der Waals surface area contributed by atoms with Crippen LogP contribution in [0.4, 0.5) is 0 Å². The van der Waals surface area contributed by atoms with Crippen molar-refractivity contribution in [1.82, 2.24) is 4.57 Å². The van der Waals surface area contributed by atoms with Crippen molar-refractivity contribution >= 4 is 10.9 Å². The molecule has 0 fully saturated rings. The molecule has 0 saturated heterocycles. The van der Waals surface area contributed by atoms with E-state index in [1.54, 1.807) is 0 Å². The summed E-state index contributed by atoms with van der Waals surface area (Å²) in [5.74, 6) is 0. The fraction of sp³-hybridized carbons (Fsp3) is 0.357. The minimum atomic E-state index is 0.673. The summed E-state index contributed by atoms with van der Waals surface area (Å²) in [6.07, 6.45) is 7.52. The van der Waals surface area contributed by atoms with E-state index in [1.807, 2.05) is 30.5 Å². The Morgan fingerprint density at radius 3 is 2.81 bits per heavy atom. The quantitative estimate of drug-likeness (QED) is 0.549. The first-order valence-electron chi connectivity index (χ1n) is 5.83. The normalized spacial score (nSPS) is 10.5. The number of unbranched alkanes of at least 4 members (excludes halogenated alkanes) is 2. The predicted molar refractivity (Wildman–Crippen MR) is 65.1 cm³/mol. The summed E-state index contributed by atoms with van der Waals surface area (Å²) in [5.41, 5.74) is 1.81. The number of aromatic nitrogens is 1. The first kappa shape index (κ1) is 11.0. The van der Waals surface area contributed by atoms with Crippen molar-refractivity contribution in [3.05, 3.63) is 36.0 Å². The summed E-state index contributed by atoms with van der Waals surface area (Å²) in [4.78, 5) is 0. The van der Waals surface area contributed by atoms with Crippen LogP contribution in [0.2, 0.25) is 0 Å². The molecule has 1 aromatic carbocycles. The van der Waals surface area contributed by atoms with Crippen LogP contribution in [-0.4, -0.2) is 4.57 Å². The minimum absolute atomic E-state index is 0.673. The van der Waals surface area contributed by atoms with Crippen LogP contribution in [-0.2, 0) is 11.2 Å². The SMILES string of the molecule is CCCCCn1cc(C#[O+])c2ccccc21. The van der Waals surface area contributed by atoms with Crippen LogP contribution in [0, 0.1) is 6.15 Å². The number of hydrogen-bond acceptors (Lipinski definition) is 0. The molecule has 0 N–H and O–H groups in total. The van der Waals surface area contributed by atoms with E-state index in [1.165, 1.54) is 12.8 Å². The first-order chi connectivity index (χ1) is 7.86. The molecule has 0 aliphatic rings. The maximum atomic E-state index is 10.8. The van der Waals surface area contributed by atoms with Gasteiger partial charge in [0.2, 0.25) is 0 Å². The molecule has 0 amide bonds. The zero-order valence-corrected chi connectivity index (χ0v) is 9.57. The Bertz CT molecular complexity index is 519. The zero-order chi connectivity index (χ0) is 11.4. The van der Waals surface area contributed by atoms with Gasteiger partial charge in [-0.05, 0) is 0 Å². The molecule has 0 aliphatic heterocycles. The summed E-state index contributed by atoms with van der Waals surface area (Å²) >= 11 is 0. The molecule has 2 rings (SSSR count). The number of para-hydroxylation sites is 1. The van der Waals surface area contributed by atoms with E-state index in [9.17, 15) is 4.65 Å². The van der Waals surface area contributed by atoms with Crippen molar-refractivity contribution in [3.63, 3.8) is 0 Å². The van der Waals surface area contributed by atoms with Crippen molar-refractivity contribution in [3.8, 4) is 6.15 Å². The van der Waals surface area contributed by atoms with Gasteiger partial charge in [0.25, 0.3) is 0 Å². The second-order valence-electron chi connectivity index (χ2n) is 4.06. The molecule has 2 aromatic rings. The van der Waals surface area contributed by atoms with Crippen molar-refractivity contribution in [1.29, 1.82) is 0 Å². The van der Waals surface area contributed by atoms with Crippen LogP contribution in [0.15, 0.2) is 30.5 Å². The molecule has 0 aliphatic carbocycles. The standard InChI is InChI=1S/C14H16NO/c1-2-3-6-9-15-10-12(11-16)13-7-4-5-8-14(13)15/h4-5,7-8,10H,2-3,6,9H2,1H3/q+1. The van der Waals surface area contributed by atoms with Gasteiger partial charge in [0.05, 0.1) is 0 Å². The molecule has 16 heavy (non-hydrogen) atoms. The van der Waals surface area contributed by atoms with E-state index in [0.29, 0.717) is 5.56 Å². The Labute approximate surface area is 95.6 Å². The fourth-order valence-electron chi connectivity index (χ4n) is 2.05. The number of nitrogens with zero attached hydrogens (tertiary/aromatic N) is 1. The van der Waals surface area contributed by atoms with Gasteiger partial charge >= 0.3 is 95.0 Å². The molecule has 2 nitrogen and oxygen atoms in total. The van der Waals surface area contributed by atoms with E-state index >= 15 is 0 Å². The number of aryl methyl sites for hydroxylation is 1. The van der Waals surface area contributed by atoms with Crippen LogP contribution in [0.3, 0.4) is 0 Å². The first-order valence-corrected chi connectivity index (χ1v) is 5.83. The molecule has 0 unspecified atom stereocenters. The number of rotatable bonds is 4. The Morgan fingerprint density at radius 1 is 1.25 bits per heavy atom. The van der Waals surface area contributed by atoms with E-state index < -0.39 is 0 Å². The van der Waals surface area contributed by atoms with Crippen LogP contribution >= 0.6 is 0 Å². The van der Waals surface area contributed by atoms with Crippen LogP contribution < -0.4 is 0 Å². The average Bonchev–Trinajstić information content (AvgIpc) is 2.68. The van der Waals surface area contributed by atoms with E-state index in [0.717, 1.165) is 23.9 Å². The summed E-state index contributed by atoms with van der Waals surface area (Å²) in [6, 6.07) is 8.00. The van der Waals surface area contributed by atoms with E-state index in [2.05, 4.69) is 17.6 Å². The van der Waals surface area contributed by atoms with Gasteiger partial charge in [0, 0.05) is 0 Å². The monoisotopic (exact) mass is 214 g/mol. The number of hydrogen-bond donors (Lipinski definition) is 0. The second kappa shape index (κ2) is 5.02. The Morgan fingerprint density at radius 2 is 2.06 bits per heavy atom.